The monoisotopic (exact) mass is 263 g/mol. The molecule has 0 saturated carbocycles. The fourth-order valence-electron chi connectivity index (χ4n) is 2.43. The van der Waals surface area contributed by atoms with Crippen molar-refractivity contribution in [2.45, 2.75) is 26.2 Å². The molecule has 0 radical (unpaired) electrons. The third-order valence-electron chi connectivity index (χ3n) is 3.70. The SMILES string of the molecule is CC(CCS)CCN1CCc2ccccc2C1=O. The van der Waals surface area contributed by atoms with E-state index in [0.29, 0.717) is 5.92 Å². The van der Waals surface area contributed by atoms with Gasteiger partial charge in [0, 0.05) is 18.7 Å². The van der Waals surface area contributed by atoms with E-state index in [9.17, 15) is 4.79 Å². The van der Waals surface area contributed by atoms with Gasteiger partial charge in [-0.2, -0.15) is 12.6 Å². The summed E-state index contributed by atoms with van der Waals surface area (Å²) in [6, 6.07) is 7.97. The number of nitrogens with zero attached hydrogens (tertiary/aromatic N) is 1. The number of carbonyl (C=O) groups is 1. The average molecular weight is 263 g/mol. The van der Waals surface area contributed by atoms with Crippen molar-refractivity contribution in [3.63, 3.8) is 0 Å². The van der Waals surface area contributed by atoms with Crippen molar-refractivity contribution in [1.82, 2.24) is 4.90 Å². The van der Waals surface area contributed by atoms with Crippen molar-refractivity contribution in [3.8, 4) is 0 Å². The standard InChI is InChI=1S/C15H21NOS/c1-12(8-11-18)6-9-16-10-7-13-4-2-3-5-14(13)15(16)17/h2-5,12,18H,6-11H2,1H3. The second-order valence-corrected chi connectivity index (χ2v) is 5.55. The molecule has 0 N–H and O–H groups in total. The van der Waals surface area contributed by atoms with Crippen LogP contribution in [0.25, 0.3) is 0 Å². The highest BCUT2D eigenvalue weighted by Gasteiger charge is 2.23. The van der Waals surface area contributed by atoms with Crippen LogP contribution in [-0.4, -0.2) is 29.6 Å². The topological polar surface area (TPSA) is 20.3 Å². The van der Waals surface area contributed by atoms with E-state index < -0.39 is 0 Å². The molecule has 1 atom stereocenters. The Kier molecular flexibility index (Phi) is 4.70. The molecule has 1 heterocycles. The number of hydrogen-bond acceptors (Lipinski definition) is 2. The van der Waals surface area contributed by atoms with Crippen LogP contribution in [0.1, 0.15) is 35.7 Å². The maximum atomic E-state index is 12.3. The Morgan fingerprint density at radius 1 is 1.33 bits per heavy atom. The summed E-state index contributed by atoms with van der Waals surface area (Å²) in [5, 5.41) is 0. The molecule has 0 fully saturated rings. The molecule has 1 amide bonds. The number of rotatable bonds is 5. The molecular formula is C15H21NOS. The second kappa shape index (κ2) is 6.28. The van der Waals surface area contributed by atoms with Gasteiger partial charge < -0.3 is 4.90 Å². The van der Waals surface area contributed by atoms with E-state index in [0.717, 1.165) is 43.7 Å². The fraction of sp³-hybridized carbons (Fsp3) is 0.533. The van der Waals surface area contributed by atoms with E-state index in [1.807, 2.05) is 23.1 Å². The van der Waals surface area contributed by atoms with Crippen LogP contribution in [0.15, 0.2) is 24.3 Å². The van der Waals surface area contributed by atoms with E-state index in [-0.39, 0.29) is 5.91 Å². The zero-order valence-corrected chi connectivity index (χ0v) is 11.8. The third-order valence-corrected chi connectivity index (χ3v) is 3.96. The Labute approximate surface area is 115 Å². The first kappa shape index (κ1) is 13.5. The Morgan fingerprint density at radius 2 is 2.11 bits per heavy atom. The molecule has 2 nitrogen and oxygen atoms in total. The van der Waals surface area contributed by atoms with Crippen LogP contribution in [0, 0.1) is 5.92 Å². The molecule has 2 rings (SSSR count). The lowest BCUT2D eigenvalue weighted by Crippen LogP contribution is -2.38. The molecule has 1 aromatic rings. The van der Waals surface area contributed by atoms with Crippen LogP contribution in [0.5, 0.6) is 0 Å². The van der Waals surface area contributed by atoms with Crippen LogP contribution >= 0.6 is 12.6 Å². The lowest BCUT2D eigenvalue weighted by Gasteiger charge is -2.29. The first-order valence-electron chi connectivity index (χ1n) is 6.70. The maximum absolute atomic E-state index is 12.3. The van der Waals surface area contributed by atoms with Gasteiger partial charge in [0.1, 0.15) is 0 Å². The lowest BCUT2D eigenvalue weighted by atomic mass is 9.98. The minimum absolute atomic E-state index is 0.204. The predicted molar refractivity (Wildman–Crippen MR) is 78.3 cm³/mol. The zero-order chi connectivity index (χ0) is 13.0. The summed E-state index contributed by atoms with van der Waals surface area (Å²) >= 11 is 4.25. The van der Waals surface area contributed by atoms with Gasteiger partial charge in [0.05, 0.1) is 0 Å². The summed E-state index contributed by atoms with van der Waals surface area (Å²) in [6.45, 7) is 3.98. The van der Waals surface area contributed by atoms with Crippen LogP contribution < -0.4 is 0 Å². The molecule has 98 valence electrons. The van der Waals surface area contributed by atoms with E-state index in [1.54, 1.807) is 0 Å². The molecule has 18 heavy (non-hydrogen) atoms. The van der Waals surface area contributed by atoms with Crippen molar-refractivity contribution >= 4 is 18.5 Å². The van der Waals surface area contributed by atoms with Gasteiger partial charge in [-0.3, -0.25) is 4.79 Å². The number of benzene rings is 1. The second-order valence-electron chi connectivity index (χ2n) is 5.11. The number of carbonyl (C=O) groups excluding carboxylic acids is 1. The fourth-order valence-corrected chi connectivity index (χ4v) is 2.87. The van der Waals surface area contributed by atoms with E-state index in [1.165, 1.54) is 5.56 Å². The average Bonchev–Trinajstić information content (AvgIpc) is 2.39. The molecule has 1 aliphatic rings. The van der Waals surface area contributed by atoms with Gasteiger partial charge >= 0.3 is 0 Å². The Bertz CT molecular complexity index is 419. The van der Waals surface area contributed by atoms with Gasteiger partial charge in [0.15, 0.2) is 0 Å². The van der Waals surface area contributed by atoms with Crippen molar-refractivity contribution in [2.75, 3.05) is 18.8 Å². The van der Waals surface area contributed by atoms with Crippen molar-refractivity contribution in [2.24, 2.45) is 5.92 Å². The maximum Gasteiger partial charge on any atom is 0.254 e. The predicted octanol–water partition coefficient (Wildman–Crippen LogP) is 3.03. The van der Waals surface area contributed by atoms with Gasteiger partial charge in [0.2, 0.25) is 0 Å². The van der Waals surface area contributed by atoms with Crippen molar-refractivity contribution < 1.29 is 4.79 Å². The van der Waals surface area contributed by atoms with Crippen molar-refractivity contribution in [3.05, 3.63) is 35.4 Å². The van der Waals surface area contributed by atoms with Gasteiger partial charge in [-0.1, -0.05) is 25.1 Å². The molecule has 0 spiro atoms. The van der Waals surface area contributed by atoms with E-state index in [2.05, 4.69) is 25.6 Å². The quantitative estimate of drug-likeness (QED) is 0.810. The summed E-state index contributed by atoms with van der Waals surface area (Å²) in [5.41, 5.74) is 2.09. The van der Waals surface area contributed by atoms with Gasteiger partial charge in [0.25, 0.3) is 5.91 Å². The number of fused-ring (bicyclic) bond motifs is 1. The van der Waals surface area contributed by atoms with E-state index >= 15 is 0 Å². The largest absolute Gasteiger partial charge is 0.338 e. The summed E-state index contributed by atoms with van der Waals surface area (Å²) in [5.74, 6) is 1.78. The van der Waals surface area contributed by atoms with E-state index in [4.69, 9.17) is 0 Å². The summed E-state index contributed by atoms with van der Waals surface area (Å²) in [4.78, 5) is 14.3. The normalized spacial score (nSPS) is 16.6. The Balaban J connectivity index is 1.95. The molecule has 0 bridgehead atoms. The minimum atomic E-state index is 0.204. The highest BCUT2D eigenvalue weighted by Crippen LogP contribution is 2.19. The Morgan fingerprint density at radius 3 is 2.89 bits per heavy atom. The van der Waals surface area contributed by atoms with Crippen LogP contribution in [-0.2, 0) is 6.42 Å². The van der Waals surface area contributed by atoms with Gasteiger partial charge in [-0.05, 0) is 42.6 Å². The molecule has 3 heteroatoms. The molecule has 0 aromatic heterocycles. The summed E-state index contributed by atoms with van der Waals surface area (Å²) in [7, 11) is 0. The molecule has 1 aliphatic heterocycles. The highest BCUT2D eigenvalue weighted by molar-refractivity contribution is 7.80. The number of thiol groups is 1. The van der Waals surface area contributed by atoms with Crippen LogP contribution in [0.2, 0.25) is 0 Å². The Hall–Kier alpha value is -0.960. The lowest BCUT2D eigenvalue weighted by molar-refractivity contribution is 0.0731. The summed E-state index contributed by atoms with van der Waals surface area (Å²) < 4.78 is 0. The minimum Gasteiger partial charge on any atom is -0.338 e. The third kappa shape index (κ3) is 3.08. The number of hydrogen-bond donors (Lipinski definition) is 1. The molecular weight excluding hydrogens is 242 g/mol. The molecule has 1 aromatic carbocycles. The highest BCUT2D eigenvalue weighted by atomic mass is 32.1. The van der Waals surface area contributed by atoms with Gasteiger partial charge in [-0.15, -0.1) is 0 Å². The zero-order valence-electron chi connectivity index (χ0n) is 10.9. The molecule has 1 unspecified atom stereocenters. The summed E-state index contributed by atoms with van der Waals surface area (Å²) in [6.07, 6.45) is 3.19. The first-order chi connectivity index (χ1) is 8.72. The first-order valence-corrected chi connectivity index (χ1v) is 7.33. The van der Waals surface area contributed by atoms with Crippen LogP contribution in [0.3, 0.4) is 0 Å². The molecule has 0 aliphatic carbocycles. The molecule has 0 saturated heterocycles. The smallest absolute Gasteiger partial charge is 0.254 e. The van der Waals surface area contributed by atoms with Crippen LogP contribution in [0.4, 0.5) is 0 Å². The van der Waals surface area contributed by atoms with Crippen molar-refractivity contribution in [1.29, 1.82) is 0 Å². The number of amides is 1. The van der Waals surface area contributed by atoms with Gasteiger partial charge in [-0.25, -0.2) is 0 Å².